The van der Waals surface area contributed by atoms with Crippen LogP contribution in [0, 0.1) is 11.8 Å². The highest BCUT2D eigenvalue weighted by Crippen LogP contribution is 2.45. The molecular formula is C35H48N2O9S3. The van der Waals surface area contributed by atoms with E-state index in [0.29, 0.717) is 62.0 Å². The minimum absolute atomic E-state index is 0.0469. The van der Waals surface area contributed by atoms with Crippen LogP contribution in [0.15, 0.2) is 69.1 Å². The lowest BCUT2D eigenvalue weighted by molar-refractivity contribution is -0.147. The van der Waals surface area contributed by atoms with E-state index >= 15 is 0 Å². The topological polar surface area (TPSA) is 181 Å². The summed E-state index contributed by atoms with van der Waals surface area (Å²) in [5.74, 6) is -1.07. The molecule has 1 fully saturated rings. The van der Waals surface area contributed by atoms with Crippen LogP contribution in [-0.2, 0) is 40.6 Å². The normalized spacial score (nSPS) is 25.8. The number of nitrogens with zero attached hydrogens (tertiary/aromatic N) is 1. The van der Waals surface area contributed by atoms with Gasteiger partial charge in [-0.15, -0.1) is 11.3 Å². The summed E-state index contributed by atoms with van der Waals surface area (Å²) in [5, 5.41) is 26.0. The Balaban J connectivity index is 1.34. The number of thiophene rings is 1. The molecule has 2 aromatic rings. The molecule has 4 rings (SSSR count). The number of sulfone groups is 1. The van der Waals surface area contributed by atoms with Crippen molar-refractivity contribution in [3.05, 3.63) is 71.8 Å². The van der Waals surface area contributed by atoms with Gasteiger partial charge in [0.25, 0.3) is 0 Å². The molecule has 1 aliphatic heterocycles. The number of benzene rings is 1. The first kappa shape index (κ1) is 38.9. The Morgan fingerprint density at radius 3 is 2.55 bits per heavy atom. The summed E-state index contributed by atoms with van der Waals surface area (Å²) >= 11 is 0.635. The fraction of sp³-hybridized carbons (Fsp3) is 0.543. The number of primary sulfonamides is 1. The van der Waals surface area contributed by atoms with Gasteiger partial charge in [0.2, 0.25) is 15.9 Å². The molecule has 0 radical (unpaired) electrons. The highest BCUT2D eigenvalue weighted by molar-refractivity contribution is 7.95. The Bertz CT molecular complexity index is 1720. The molecule has 1 aromatic carbocycles. The lowest BCUT2D eigenvalue weighted by Crippen LogP contribution is -2.40. The van der Waals surface area contributed by atoms with Gasteiger partial charge >= 0.3 is 5.97 Å². The molecule has 1 aromatic heterocycles. The largest absolute Gasteiger partial charge is 0.462 e. The van der Waals surface area contributed by atoms with Crippen LogP contribution in [0.5, 0.6) is 0 Å². The molecule has 2 heterocycles. The van der Waals surface area contributed by atoms with Gasteiger partial charge in [0.15, 0.2) is 9.84 Å². The zero-order valence-corrected chi connectivity index (χ0v) is 30.6. The van der Waals surface area contributed by atoms with Crippen LogP contribution in [0.3, 0.4) is 0 Å². The van der Waals surface area contributed by atoms with E-state index in [1.165, 1.54) is 13.0 Å². The van der Waals surface area contributed by atoms with Crippen LogP contribution in [0.25, 0.3) is 0 Å². The van der Waals surface area contributed by atoms with Gasteiger partial charge in [-0.3, -0.25) is 9.59 Å². The minimum Gasteiger partial charge on any atom is -0.462 e. The highest BCUT2D eigenvalue weighted by atomic mass is 32.3. The van der Waals surface area contributed by atoms with E-state index in [9.17, 15) is 36.6 Å². The van der Waals surface area contributed by atoms with E-state index in [0.717, 1.165) is 5.56 Å². The first-order valence-corrected chi connectivity index (χ1v) is 20.6. The number of carbonyl (C=O) groups is 2. The average Bonchev–Trinajstić information content (AvgIpc) is 3.62. The van der Waals surface area contributed by atoms with Gasteiger partial charge in [0.05, 0.1) is 23.5 Å². The molecule has 270 valence electrons. The van der Waals surface area contributed by atoms with Crippen LogP contribution >= 0.6 is 11.3 Å². The minimum atomic E-state index is -4.11. The van der Waals surface area contributed by atoms with Crippen molar-refractivity contribution in [2.24, 2.45) is 17.0 Å². The molecule has 0 bridgehead atoms. The van der Waals surface area contributed by atoms with Crippen molar-refractivity contribution < 1.29 is 41.4 Å². The summed E-state index contributed by atoms with van der Waals surface area (Å²) in [7, 11) is -7.86. The smallest absolute Gasteiger partial charge is 0.302 e. The highest BCUT2D eigenvalue weighted by Gasteiger charge is 2.43. The number of rotatable bonds is 15. The fourth-order valence-corrected chi connectivity index (χ4v) is 11.2. The predicted molar refractivity (Wildman–Crippen MR) is 188 cm³/mol. The number of aliphatic hydroxyl groups excluding tert-OH is 2. The third-order valence-corrected chi connectivity index (χ3v) is 14.7. The second kappa shape index (κ2) is 16.9. The molecule has 49 heavy (non-hydrogen) atoms. The SMILES string of the molecule is CCN(C(=O)CCC/C=C\C[C@@H]1[C@@H](/C=C/[C@@H](O)CCc2ccccc2)[C@H](OC(C)=O)C[C@@H]1O)[C@H]1C[C@H](C)S(=O)(=O)c2sc(S(N)(=O)=O)cc21. The number of hydrogen-bond donors (Lipinski definition) is 3. The van der Waals surface area contributed by atoms with Gasteiger partial charge in [0.1, 0.15) is 14.5 Å². The Kier molecular flexibility index (Phi) is 13.4. The number of unbranched alkanes of at least 4 members (excludes halogenated alkanes) is 1. The molecule has 1 saturated carbocycles. The molecular weight excluding hydrogens is 689 g/mol. The molecule has 1 amide bonds. The standard InChI is InChI=1S/C35H48N2O9S3/c1-4-37(30-20-23(2)48(42,43)35-29(30)21-34(47-35)49(36,44)45)33(41)15-11-6-5-10-14-27-28(32(22-31(27)40)46-24(3)38)19-18-26(39)17-16-25-12-8-7-9-13-25/h5,7-10,12-13,18-19,21,23,26-28,30-32,39-40H,4,6,11,14-17,20,22H2,1-3H3,(H2,36,44,45)/b10-5-,19-18+/t23-,26-,27+,28+,30-,31-,32+/m0/s1. The van der Waals surface area contributed by atoms with E-state index in [1.807, 2.05) is 48.6 Å². The van der Waals surface area contributed by atoms with Gasteiger partial charge in [-0.05, 0) is 69.9 Å². The van der Waals surface area contributed by atoms with E-state index in [4.69, 9.17) is 9.88 Å². The maximum atomic E-state index is 13.4. The van der Waals surface area contributed by atoms with E-state index < -0.39 is 55.4 Å². The van der Waals surface area contributed by atoms with Crippen molar-refractivity contribution >= 4 is 43.1 Å². The van der Waals surface area contributed by atoms with Crippen LogP contribution in [0.2, 0.25) is 0 Å². The molecule has 0 spiro atoms. The number of nitrogens with two attached hydrogens (primary N) is 1. The molecule has 0 unspecified atom stereocenters. The monoisotopic (exact) mass is 736 g/mol. The third-order valence-electron chi connectivity index (χ3n) is 9.39. The Morgan fingerprint density at radius 1 is 1.18 bits per heavy atom. The van der Waals surface area contributed by atoms with Crippen LogP contribution in [-0.4, -0.2) is 73.9 Å². The molecule has 4 N–H and O–H groups in total. The second-order valence-electron chi connectivity index (χ2n) is 12.9. The number of aryl methyl sites for hydroxylation is 1. The summed E-state index contributed by atoms with van der Waals surface area (Å²) < 4.78 is 55.3. The van der Waals surface area contributed by atoms with E-state index in [1.54, 1.807) is 24.8 Å². The van der Waals surface area contributed by atoms with Crippen molar-refractivity contribution in [1.82, 2.24) is 4.90 Å². The zero-order chi connectivity index (χ0) is 35.9. The quantitative estimate of drug-likeness (QED) is 0.135. The van der Waals surface area contributed by atoms with Gasteiger partial charge in [-0.2, -0.15) is 0 Å². The molecule has 14 heteroatoms. The number of allylic oxidation sites excluding steroid dienone is 2. The Morgan fingerprint density at radius 2 is 1.90 bits per heavy atom. The first-order chi connectivity index (χ1) is 23.1. The van der Waals surface area contributed by atoms with Crippen LogP contribution < -0.4 is 5.14 Å². The van der Waals surface area contributed by atoms with E-state index in [-0.39, 0.29) is 39.0 Å². The number of aliphatic hydroxyl groups is 2. The number of sulfonamides is 1. The Labute approximate surface area is 293 Å². The van der Waals surface area contributed by atoms with Crippen molar-refractivity contribution in [2.45, 2.75) is 110 Å². The Hall–Kier alpha value is -2.88. The number of fused-ring (bicyclic) bond motifs is 1. The maximum absolute atomic E-state index is 13.4. The van der Waals surface area contributed by atoms with Crippen molar-refractivity contribution in [3.8, 4) is 0 Å². The number of amides is 1. The second-order valence-corrected chi connectivity index (χ2v) is 18.3. The lowest BCUT2D eigenvalue weighted by Gasteiger charge is -2.36. The average molecular weight is 737 g/mol. The summed E-state index contributed by atoms with van der Waals surface area (Å²) in [6, 6.07) is 10.6. The van der Waals surface area contributed by atoms with Crippen molar-refractivity contribution in [2.75, 3.05) is 6.54 Å². The molecule has 7 atom stereocenters. The van der Waals surface area contributed by atoms with Crippen LogP contribution in [0.1, 0.15) is 82.9 Å². The molecule has 2 aliphatic rings. The maximum Gasteiger partial charge on any atom is 0.302 e. The lowest BCUT2D eigenvalue weighted by atomic mass is 9.89. The molecule has 1 aliphatic carbocycles. The summed E-state index contributed by atoms with van der Waals surface area (Å²) in [6.07, 6.45) is 9.20. The summed E-state index contributed by atoms with van der Waals surface area (Å²) in [5.41, 5.74) is 1.43. The number of hydrogen-bond acceptors (Lipinski definition) is 10. The van der Waals surface area contributed by atoms with Crippen LogP contribution in [0.4, 0.5) is 0 Å². The van der Waals surface area contributed by atoms with Gasteiger partial charge in [-0.1, -0.05) is 54.6 Å². The predicted octanol–water partition coefficient (Wildman–Crippen LogP) is 4.45. The number of carbonyl (C=O) groups excluding carboxylic acids is 2. The van der Waals surface area contributed by atoms with Gasteiger partial charge < -0.3 is 19.8 Å². The van der Waals surface area contributed by atoms with E-state index in [2.05, 4.69) is 0 Å². The molecule has 0 saturated heterocycles. The van der Waals surface area contributed by atoms with Gasteiger partial charge in [0, 0.05) is 37.8 Å². The number of ether oxygens (including phenoxy) is 1. The first-order valence-electron chi connectivity index (χ1n) is 16.7. The number of esters is 1. The third kappa shape index (κ3) is 9.89. The van der Waals surface area contributed by atoms with Crippen molar-refractivity contribution in [3.63, 3.8) is 0 Å². The van der Waals surface area contributed by atoms with Gasteiger partial charge in [-0.25, -0.2) is 22.0 Å². The zero-order valence-electron chi connectivity index (χ0n) is 28.2. The molecule has 11 nitrogen and oxygen atoms in total. The summed E-state index contributed by atoms with van der Waals surface area (Å²) in [4.78, 5) is 26.8. The van der Waals surface area contributed by atoms with Crippen molar-refractivity contribution in [1.29, 1.82) is 0 Å². The fourth-order valence-electron chi connectivity index (χ4n) is 6.80. The summed E-state index contributed by atoms with van der Waals surface area (Å²) in [6.45, 7) is 5.04.